The number of benzene rings is 1. The van der Waals surface area contributed by atoms with Gasteiger partial charge in [-0.1, -0.05) is 0 Å². The van der Waals surface area contributed by atoms with Crippen molar-refractivity contribution < 1.29 is 18.1 Å². The second-order valence-electron chi connectivity index (χ2n) is 7.76. The second-order valence-corrected chi connectivity index (χ2v) is 9.52. The Balaban J connectivity index is 1.42. The number of anilines is 1. The number of nitrogens with zero attached hydrogens (tertiary/aromatic N) is 2. The molecule has 2 aliphatic carbocycles. The lowest BCUT2D eigenvalue weighted by molar-refractivity contribution is 0.224. The molecule has 2 heterocycles. The van der Waals surface area contributed by atoms with Gasteiger partial charge in [-0.2, -0.15) is 5.10 Å². The van der Waals surface area contributed by atoms with Crippen molar-refractivity contribution in [3.63, 3.8) is 0 Å². The van der Waals surface area contributed by atoms with E-state index in [1.165, 1.54) is 10.9 Å². The SMILES string of the molecule is N=S(=O)(NC(=O)Nc1c2c(cc(F)c1C1CC1)CCC2)c1cnn2c1OCCC2. The zero-order chi connectivity index (χ0) is 20.2. The average Bonchev–Trinajstić information content (AvgIpc) is 3.22. The van der Waals surface area contributed by atoms with Crippen molar-refractivity contribution in [2.24, 2.45) is 0 Å². The number of nitrogens with one attached hydrogen (secondary N) is 3. The van der Waals surface area contributed by atoms with E-state index in [9.17, 15) is 13.4 Å². The van der Waals surface area contributed by atoms with E-state index in [0.717, 1.165) is 49.7 Å². The van der Waals surface area contributed by atoms with Crippen molar-refractivity contribution in [2.45, 2.75) is 55.9 Å². The lowest BCUT2D eigenvalue weighted by Crippen LogP contribution is -2.34. The van der Waals surface area contributed by atoms with Crippen LogP contribution in [0.2, 0.25) is 0 Å². The van der Waals surface area contributed by atoms with Gasteiger partial charge in [0.25, 0.3) is 0 Å². The van der Waals surface area contributed by atoms with Crippen LogP contribution in [0.25, 0.3) is 0 Å². The molecule has 3 N–H and O–H groups in total. The second kappa shape index (κ2) is 6.72. The van der Waals surface area contributed by atoms with E-state index in [4.69, 9.17) is 9.52 Å². The Labute approximate surface area is 167 Å². The van der Waals surface area contributed by atoms with Crippen LogP contribution in [0.1, 0.15) is 48.3 Å². The maximum atomic E-state index is 14.7. The van der Waals surface area contributed by atoms with Crippen LogP contribution in [0.3, 0.4) is 0 Å². The number of rotatable bonds is 4. The molecule has 0 saturated heterocycles. The summed E-state index contributed by atoms with van der Waals surface area (Å²) in [6, 6.07) is 0.797. The van der Waals surface area contributed by atoms with Gasteiger partial charge in [0.15, 0.2) is 9.92 Å². The van der Waals surface area contributed by atoms with E-state index in [1.54, 1.807) is 6.07 Å². The fraction of sp³-hybridized carbons (Fsp3) is 0.474. The van der Waals surface area contributed by atoms with Crippen molar-refractivity contribution in [2.75, 3.05) is 11.9 Å². The predicted octanol–water partition coefficient (Wildman–Crippen LogP) is 3.31. The van der Waals surface area contributed by atoms with Gasteiger partial charge >= 0.3 is 6.03 Å². The number of carbonyl (C=O) groups excluding carboxylic acids is 1. The Hall–Kier alpha value is -2.62. The molecule has 1 saturated carbocycles. The molecule has 1 aliphatic heterocycles. The molecule has 8 nitrogen and oxygen atoms in total. The Morgan fingerprint density at radius 1 is 1.34 bits per heavy atom. The van der Waals surface area contributed by atoms with E-state index in [0.29, 0.717) is 24.4 Å². The summed E-state index contributed by atoms with van der Waals surface area (Å²) in [7, 11) is -3.68. The molecule has 10 heteroatoms. The number of aryl methyl sites for hydroxylation is 2. The van der Waals surface area contributed by atoms with E-state index in [1.807, 2.05) is 0 Å². The molecule has 2 amide bonds. The van der Waals surface area contributed by atoms with Crippen LogP contribution in [0, 0.1) is 10.6 Å². The molecule has 1 aromatic heterocycles. The number of ether oxygens (including phenoxy) is 1. The smallest absolute Gasteiger partial charge is 0.331 e. The maximum absolute atomic E-state index is 14.7. The van der Waals surface area contributed by atoms with E-state index in [-0.39, 0.29) is 22.5 Å². The van der Waals surface area contributed by atoms with Gasteiger partial charge in [-0.05, 0) is 55.2 Å². The summed E-state index contributed by atoms with van der Waals surface area (Å²) in [5.41, 5.74) is 2.88. The first-order chi connectivity index (χ1) is 13.9. The lowest BCUT2D eigenvalue weighted by Gasteiger charge is -2.19. The van der Waals surface area contributed by atoms with Gasteiger partial charge < -0.3 is 10.1 Å². The summed E-state index contributed by atoms with van der Waals surface area (Å²) >= 11 is 0. The van der Waals surface area contributed by atoms with E-state index < -0.39 is 15.9 Å². The highest BCUT2D eigenvalue weighted by molar-refractivity contribution is 7.91. The molecule has 5 rings (SSSR count). The minimum Gasteiger partial charge on any atom is -0.477 e. The molecule has 1 aromatic carbocycles. The monoisotopic (exact) mass is 419 g/mol. The standard InChI is InChI=1S/C19H22FN5O3S/c20-14-9-12-3-1-4-13(12)17(16(14)11-5-6-11)23-19(26)24-29(21,27)15-10-22-25-7-2-8-28-18(15)25/h9-11H,1-8H2,(H3,21,23,24,26,27). The number of halogens is 1. The highest BCUT2D eigenvalue weighted by Crippen LogP contribution is 2.47. The van der Waals surface area contributed by atoms with Gasteiger partial charge in [-0.15, -0.1) is 0 Å². The molecule has 154 valence electrons. The Kier molecular flexibility index (Phi) is 4.27. The molecule has 1 unspecified atom stereocenters. The summed E-state index contributed by atoms with van der Waals surface area (Å²) < 4.78 is 45.1. The molecular weight excluding hydrogens is 397 g/mol. The van der Waals surface area contributed by atoms with E-state index >= 15 is 0 Å². The number of amides is 2. The van der Waals surface area contributed by atoms with Gasteiger partial charge in [0.1, 0.15) is 10.7 Å². The van der Waals surface area contributed by atoms with Gasteiger partial charge in [-0.3, -0.25) is 0 Å². The van der Waals surface area contributed by atoms with Crippen LogP contribution < -0.4 is 14.8 Å². The number of carbonyl (C=O) groups is 1. The van der Waals surface area contributed by atoms with Crippen LogP contribution >= 0.6 is 0 Å². The molecule has 0 spiro atoms. The number of hydrogen-bond donors (Lipinski definition) is 3. The topological polar surface area (TPSA) is 109 Å². The average molecular weight is 419 g/mol. The zero-order valence-corrected chi connectivity index (χ0v) is 16.6. The Morgan fingerprint density at radius 2 is 2.17 bits per heavy atom. The van der Waals surface area contributed by atoms with Gasteiger partial charge in [0, 0.05) is 18.5 Å². The van der Waals surface area contributed by atoms with Gasteiger partial charge in [0.05, 0.1) is 18.5 Å². The predicted molar refractivity (Wildman–Crippen MR) is 104 cm³/mol. The van der Waals surface area contributed by atoms with Crippen LogP contribution in [0.5, 0.6) is 5.88 Å². The molecule has 2 aromatic rings. The molecule has 0 bridgehead atoms. The van der Waals surface area contributed by atoms with Crippen molar-refractivity contribution in [1.82, 2.24) is 14.5 Å². The van der Waals surface area contributed by atoms with Crippen LogP contribution in [-0.2, 0) is 29.3 Å². The summed E-state index contributed by atoms with van der Waals surface area (Å²) in [5.74, 6) is 0.0590. The third-order valence-corrected chi connectivity index (χ3v) is 7.05. The Bertz CT molecular complexity index is 1110. The highest BCUT2D eigenvalue weighted by atomic mass is 32.2. The molecule has 0 radical (unpaired) electrons. The first-order valence-electron chi connectivity index (χ1n) is 9.84. The van der Waals surface area contributed by atoms with Crippen LogP contribution in [0.15, 0.2) is 17.2 Å². The quantitative estimate of drug-likeness (QED) is 0.706. The van der Waals surface area contributed by atoms with Gasteiger partial charge in [-0.25, -0.2) is 27.6 Å². The van der Waals surface area contributed by atoms with Crippen molar-refractivity contribution >= 4 is 21.6 Å². The lowest BCUT2D eigenvalue weighted by atomic mass is 9.99. The minimum atomic E-state index is -3.68. The molecule has 1 atom stereocenters. The highest BCUT2D eigenvalue weighted by Gasteiger charge is 2.34. The third kappa shape index (κ3) is 3.25. The van der Waals surface area contributed by atoms with Crippen LogP contribution in [-0.4, -0.2) is 26.6 Å². The fourth-order valence-corrected chi connectivity index (χ4v) is 5.23. The first kappa shape index (κ1) is 18.4. The summed E-state index contributed by atoms with van der Waals surface area (Å²) in [6.07, 6.45) is 6.31. The summed E-state index contributed by atoms with van der Waals surface area (Å²) in [4.78, 5) is 12.7. The van der Waals surface area contributed by atoms with Crippen molar-refractivity contribution in [3.8, 4) is 5.88 Å². The fourth-order valence-electron chi connectivity index (χ4n) is 4.21. The molecular formula is C19H22FN5O3S. The Morgan fingerprint density at radius 3 is 2.97 bits per heavy atom. The van der Waals surface area contributed by atoms with Gasteiger partial charge in [0.2, 0.25) is 5.88 Å². The number of aromatic nitrogens is 2. The third-order valence-electron chi connectivity index (χ3n) is 5.67. The molecule has 1 fully saturated rings. The zero-order valence-electron chi connectivity index (χ0n) is 15.8. The number of urea groups is 1. The molecule has 3 aliphatic rings. The first-order valence-corrected chi connectivity index (χ1v) is 11.4. The number of fused-ring (bicyclic) bond motifs is 2. The van der Waals surface area contributed by atoms with Crippen molar-refractivity contribution in [1.29, 1.82) is 4.78 Å². The number of hydrogen-bond acceptors (Lipinski definition) is 5. The van der Waals surface area contributed by atoms with Crippen LogP contribution in [0.4, 0.5) is 14.9 Å². The summed E-state index contributed by atoms with van der Waals surface area (Å²) in [6.45, 7) is 1.05. The van der Waals surface area contributed by atoms with Crippen molar-refractivity contribution in [3.05, 3.63) is 34.8 Å². The largest absolute Gasteiger partial charge is 0.477 e. The summed E-state index contributed by atoms with van der Waals surface area (Å²) in [5, 5.41) is 6.80. The van der Waals surface area contributed by atoms with E-state index in [2.05, 4.69) is 15.1 Å². The molecule has 29 heavy (non-hydrogen) atoms. The minimum absolute atomic E-state index is 0.0410. The normalized spacial score (nSPS) is 19.6. The maximum Gasteiger partial charge on any atom is 0.331 e.